The van der Waals surface area contributed by atoms with Gasteiger partial charge >= 0.3 is 0 Å². The van der Waals surface area contributed by atoms with Gasteiger partial charge in [0.2, 0.25) is 0 Å². The summed E-state index contributed by atoms with van der Waals surface area (Å²) in [6.07, 6.45) is 4.46. The van der Waals surface area contributed by atoms with E-state index in [1.54, 1.807) is 6.20 Å². The topological polar surface area (TPSA) is 33.1 Å². The van der Waals surface area contributed by atoms with Crippen LogP contribution in [-0.2, 0) is 6.42 Å². The van der Waals surface area contributed by atoms with Crippen LogP contribution in [0.2, 0.25) is 0 Å². The molecule has 2 unspecified atom stereocenters. The van der Waals surface area contributed by atoms with Crippen LogP contribution >= 0.6 is 15.9 Å². The van der Waals surface area contributed by atoms with E-state index in [9.17, 15) is 5.11 Å². The van der Waals surface area contributed by atoms with E-state index in [4.69, 9.17) is 0 Å². The van der Waals surface area contributed by atoms with Gasteiger partial charge in [-0.15, -0.1) is 0 Å². The molecule has 3 heteroatoms. The predicted octanol–water partition coefficient (Wildman–Crippen LogP) is 2.55. The maximum absolute atomic E-state index is 10.2. The van der Waals surface area contributed by atoms with E-state index in [-0.39, 0.29) is 0 Å². The van der Waals surface area contributed by atoms with Gasteiger partial charge in [0, 0.05) is 17.1 Å². The maximum Gasteiger partial charge on any atom is 0.0728 e. The third kappa shape index (κ3) is 1.71. The molecule has 0 radical (unpaired) electrons. The molecule has 0 saturated heterocycles. The minimum absolute atomic E-state index is 0.399. The molecule has 76 valence electrons. The first-order valence-corrected chi connectivity index (χ1v) is 5.73. The molecular formula is C11H14BrNO. The number of pyridine rings is 1. The van der Waals surface area contributed by atoms with E-state index in [0.717, 1.165) is 23.0 Å². The molecule has 0 aliphatic heterocycles. The van der Waals surface area contributed by atoms with Crippen LogP contribution in [0.5, 0.6) is 0 Å². The van der Waals surface area contributed by atoms with Crippen LogP contribution < -0.4 is 0 Å². The zero-order valence-corrected chi connectivity index (χ0v) is 9.79. The van der Waals surface area contributed by atoms with Crippen LogP contribution in [0.3, 0.4) is 0 Å². The van der Waals surface area contributed by atoms with Gasteiger partial charge in [0.1, 0.15) is 0 Å². The minimum atomic E-state index is -0.517. The first-order chi connectivity index (χ1) is 6.62. The fourth-order valence-corrected chi connectivity index (χ4v) is 2.26. The summed E-state index contributed by atoms with van der Waals surface area (Å²) in [5.41, 5.74) is 0.443. The minimum Gasteiger partial charge on any atom is -0.389 e. The quantitative estimate of drug-likeness (QED) is 0.882. The lowest BCUT2D eigenvalue weighted by Crippen LogP contribution is -2.47. The number of aliphatic hydroxyl groups is 1. The van der Waals surface area contributed by atoms with Gasteiger partial charge < -0.3 is 5.11 Å². The Balaban J connectivity index is 2.15. The normalized spacial score (nSPS) is 31.2. The molecule has 1 aliphatic carbocycles. The van der Waals surface area contributed by atoms with E-state index in [0.29, 0.717) is 12.3 Å². The van der Waals surface area contributed by atoms with Crippen molar-refractivity contribution in [2.75, 3.05) is 0 Å². The molecule has 0 amide bonds. The highest BCUT2D eigenvalue weighted by Crippen LogP contribution is 2.40. The van der Waals surface area contributed by atoms with Gasteiger partial charge in [-0.3, -0.25) is 4.98 Å². The van der Waals surface area contributed by atoms with Crippen LogP contribution in [0.25, 0.3) is 0 Å². The number of hydrogen-bond acceptors (Lipinski definition) is 2. The van der Waals surface area contributed by atoms with E-state index in [1.165, 1.54) is 0 Å². The third-order valence-corrected chi connectivity index (χ3v) is 3.96. The van der Waals surface area contributed by atoms with Crippen molar-refractivity contribution in [3.8, 4) is 0 Å². The molecule has 1 saturated carbocycles. The molecule has 1 heterocycles. The van der Waals surface area contributed by atoms with Crippen molar-refractivity contribution in [1.82, 2.24) is 4.98 Å². The van der Waals surface area contributed by atoms with Gasteiger partial charge in [-0.05, 0) is 46.8 Å². The SMILES string of the molecule is CC1CCC1(O)Cc1ncccc1Br. The van der Waals surface area contributed by atoms with Crippen LogP contribution in [0.1, 0.15) is 25.5 Å². The van der Waals surface area contributed by atoms with Gasteiger partial charge in [-0.2, -0.15) is 0 Å². The van der Waals surface area contributed by atoms with Crippen LogP contribution in [0.4, 0.5) is 0 Å². The fraction of sp³-hybridized carbons (Fsp3) is 0.545. The van der Waals surface area contributed by atoms with Crippen LogP contribution in [0.15, 0.2) is 22.8 Å². The highest BCUT2D eigenvalue weighted by molar-refractivity contribution is 9.10. The monoisotopic (exact) mass is 255 g/mol. The highest BCUT2D eigenvalue weighted by atomic mass is 79.9. The standard InChI is InChI=1S/C11H14BrNO/c1-8-4-5-11(8,14)7-10-9(12)3-2-6-13-10/h2-3,6,8,14H,4-5,7H2,1H3. The average Bonchev–Trinajstić information content (AvgIpc) is 2.19. The predicted molar refractivity (Wildman–Crippen MR) is 59.0 cm³/mol. The number of rotatable bonds is 2. The summed E-state index contributed by atoms with van der Waals surface area (Å²) in [5, 5.41) is 10.2. The molecule has 0 aromatic carbocycles. The molecule has 2 rings (SSSR count). The summed E-state index contributed by atoms with van der Waals surface area (Å²) in [7, 11) is 0. The third-order valence-electron chi connectivity index (χ3n) is 3.24. The Hall–Kier alpha value is -0.410. The molecule has 1 fully saturated rings. The van der Waals surface area contributed by atoms with Crippen molar-refractivity contribution in [3.05, 3.63) is 28.5 Å². The Kier molecular flexibility index (Phi) is 2.62. The largest absolute Gasteiger partial charge is 0.389 e. The van der Waals surface area contributed by atoms with Crippen molar-refractivity contribution in [2.24, 2.45) is 5.92 Å². The Bertz CT molecular complexity index is 342. The zero-order chi connectivity index (χ0) is 10.2. The highest BCUT2D eigenvalue weighted by Gasteiger charge is 2.42. The summed E-state index contributed by atoms with van der Waals surface area (Å²) < 4.78 is 0.993. The van der Waals surface area contributed by atoms with Crippen molar-refractivity contribution < 1.29 is 5.11 Å². The second kappa shape index (κ2) is 3.63. The lowest BCUT2D eigenvalue weighted by Gasteiger charge is -2.43. The van der Waals surface area contributed by atoms with Crippen LogP contribution in [-0.4, -0.2) is 15.7 Å². The van der Waals surface area contributed by atoms with Gasteiger partial charge in [0.05, 0.1) is 11.3 Å². The van der Waals surface area contributed by atoms with Crippen molar-refractivity contribution >= 4 is 15.9 Å². The fourth-order valence-electron chi connectivity index (χ4n) is 1.87. The second-order valence-electron chi connectivity index (χ2n) is 4.15. The van der Waals surface area contributed by atoms with E-state index >= 15 is 0 Å². The average molecular weight is 256 g/mol. The molecule has 0 spiro atoms. The van der Waals surface area contributed by atoms with Gasteiger partial charge in [0.25, 0.3) is 0 Å². The number of hydrogen-bond donors (Lipinski definition) is 1. The number of nitrogens with zero attached hydrogens (tertiary/aromatic N) is 1. The Morgan fingerprint density at radius 1 is 1.71 bits per heavy atom. The molecule has 2 nitrogen and oxygen atoms in total. The Labute approximate surface area is 92.5 Å². The van der Waals surface area contributed by atoms with Crippen molar-refractivity contribution in [1.29, 1.82) is 0 Å². The molecule has 1 aromatic rings. The van der Waals surface area contributed by atoms with Crippen molar-refractivity contribution in [2.45, 2.75) is 31.8 Å². The molecular weight excluding hydrogens is 242 g/mol. The molecule has 2 atom stereocenters. The Morgan fingerprint density at radius 3 is 3.00 bits per heavy atom. The first-order valence-electron chi connectivity index (χ1n) is 4.93. The lowest BCUT2D eigenvalue weighted by atomic mass is 9.68. The summed E-state index contributed by atoms with van der Waals surface area (Å²) in [6, 6.07) is 3.86. The maximum atomic E-state index is 10.2. The summed E-state index contributed by atoms with van der Waals surface area (Å²) in [6.45, 7) is 2.10. The van der Waals surface area contributed by atoms with E-state index in [2.05, 4.69) is 27.8 Å². The molecule has 1 aliphatic rings. The first kappa shape index (κ1) is 10.1. The van der Waals surface area contributed by atoms with Crippen molar-refractivity contribution in [3.63, 3.8) is 0 Å². The number of aromatic nitrogens is 1. The molecule has 0 bridgehead atoms. The Morgan fingerprint density at radius 2 is 2.50 bits per heavy atom. The van der Waals surface area contributed by atoms with Gasteiger partial charge in [-0.25, -0.2) is 0 Å². The lowest BCUT2D eigenvalue weighted by molar-refractivity contribution is -0.0859. The molecule has 14 heavy (non-hydrogen) atoms. The second-order valence-corrected chi connectivity index (χ2v) is 5.01. The summed E-state index contributed by atoms with van der Waals surface area (Å²) in [4.78, 5) is 4.27. The van der Waals surface area contributed by atoms with E-state index < -0.39 is 5.60 Å². The molecule has 1 aromatic heterocycles. The zero-order valence-electron chi connectivity index (χ0n) is 8.20. The molecule has 1 N–H and O–H groups in total. The van der Waals surface area contributed by atoms with E-state index in [1.807, 2.05) is 12.1 Å². The van der Waals surface area contributed by atoms with Gasteiger partial charge in [0.15, 0.2) is 0 Å². The van der Waals surface area contributed by atoms with Crippen LogP contribution in [0, 0.1) is 5.92 Å². The summed E-state index contributed by atoms with van der Waals surface area (Å²) >= 11 is 3.45. The summed E-state index contributed by atoms with van der Waals surface area (Å²) in [5.74, 6) is 0.399. The smallest absolute Gasteiger partial charge is 0.0728 e. The number of halogens is 1. The van der Waals surface area contributed by atoms with Gasteiger partial charge in [-0.1, -0.05) is 6.92 Å².